The summed E-state index contributed by atoms with van der Waals surface area (Å²) in [5.74, 6) is 0. The minimum Gasteiger partial charge on any atom is -0.258 e. The number of rotatable bonds is 3. The molecule has 0 bridgehead atoms. The molecule has 0 unspecified atom stereocenters. The monoisotopic (exact) mass is 132 g/mol. The Morgan fingerprint density at radius 2 is 1.67 bits per heavy atom. The summed E-state index contributed by atoms with van der Waals surface area (Å²) in [6, 6.07) is 0. The maximum absolute atomic E-state index is 9.66. The SMILES string of the molecule is C=CC([N+](=O)[O-])[N+](=O)[O-]. The molecule has 0 aliphatic rings. The first-order valence-electron chi connectivity index (χ1n) is 1.99. The van der Waals surface area contributed by atoms with Crippen molar-refractivity contribution in [1.82, 2.24) is 0 Å². The van der Waals surface area contributed by atoms with E-state index < -0.39 is 16.0 Å². The molecule has 0 rings (SSSR count). The summed E-state index contributed by atoms with van der Waals surface area (Å²) in [5, 5.41) is 19.3. The van der Waals surface area contributed by atoms with Gasteiger partial charge in [0.25, 0.3) is 0 Å². The van der Waals surface area contributed by atoms with E-state index in [0.29, 0.717) is 6.08 Å². The van der Waals surface area contributed by atoms with Crippen molar-refractivity contribution in [3.05, 3.63) is 32.9 Å². The van der Waals surface area contributed by atoms with Gasteiger partial charge in [-0.25, -0.2) is 0 Å². The zero-order valence-electron chi connectivity index (χ0n) is 4.39. The van der Waals surface area contributed by atoms with Gasteiger partial charge in [0.2, 0.25) is 0 Å². The Balaban J connectivity index is 4.16. The van der Waals surface area contributed by atoms with Crippen molar-refractivity contribution in [1.29, 1.82) is 0 Å². The average Bonchev–Trinajstić information content (AvgIpc) is 1.64. The van der Waals surface area contributed by atoms with E-state index in [-0.39, 0.29) is 0 Å². The zero-order valence-corrected chi connectivity index (χ0v) is 4.39. The first kappa shape index (κ1) is 7.54. The van der Waals surface area contributed by atoms with Crippen molar-refractivity contribution in [2.75, 3.05) is 0 Å². The van der Waals surface area contributed by atoms with Gasteiger partial charge in [0.05, 0.1) is 6.08 Å². The molecule has 0 aliphatic heterocycles. The molecule has 0 radical (unpaired) electrons. The van der Waals surface area contributed by atoms with Crippen molar-refractivity contribution in [3.63, 3.8) is 0 Å². The van der Waals surface area contributed by atoms with Crippen LogP contribution in [0.5, 0.6) is 0 Å². The van der Waals surface area contributed by atoms with E-state index in [1.54, 1.807) is 0 Å². The number of nitrogens with zero attached hydrogens (tertiary/aromatic N) is 2. The highest BCUT2D eigenvalue weighted by atomic mass is 16.7. The predicted octanol–water partition coefficient (Wildman–Crippen LogP) is 0.0519. The van der Waals surface area contributed by atoms with Gasteiger partial charge in [0, 0.05) is 0 Å². The molecule has 50 valence electrons. The summed E-state index contributed by atoms with van der Waals surface area (Å²) >= 11 is 0. The molecular weight excluding hydrogens is 128 g/mol. The Hall–Kier alpha value is -1.46. The molecule has 6 nitrogen and oxygen atoms in total. The van der Waals surface area contributed by atoms with E-state index in [9.17, 15) is 20.2 Å². The van der Waals surface area contributed by atoms with Gasteiger partial charge >= 0.3 is 6.17 Å². The molecule has 0 aromatic rings. The molecular formula is C3H4N2O4. The molecule has 9 heavy (non-hydrogen) atoms. The van der Waals surface area contributed by atoms with Crippen LogP contribution in [0.15, 0.2) is 12.7 Å². The lowest BCUT2D eigenvalue weighted by Gasteiger charge is -1.92. The van der Waals surface area contributed by atoms with E-state index in [0.717, 1.165) is 0 Å². The third-order valence-corrected chi connectivity index (χ3v) is 0.643. The van der Waals surface area contributed by atoms with Gasteiger partial charge in [-0.3, -0.25) is 20.2 Å². The first-order valence-corrected chi connectivity index (χ1v) is 1.99. The maximum atomic E-state index is 9.66. The van der Waals surface area contributed by atoms with Crippen molar-refractivity contribution < 1.29 is 9.85 Å². The Bertz CT molecular complexity index is 140. The first-order chi connectivity index (χ1) is 4.09. The summed E-state index contributed by atoms with van der Waals surface area (Å²) < 4.78 is 0. The number of nitro groups is 2. The summed E-state index contributed by atoms with van der Waals surface area (Å²) in [7, 11) is 0. The van der Waals surface area contributed by atoms with E-state index in [4.69, 9.17) is 0 Å². The smallest absolute Gasteiger partial charge is 0.258 e. The van der Waals surface area contributed by atoms with Gasteiger partial charge in [0.1, 0.15) is 9.85 Å². The molecule has 0 aliphatic carbocycles. The van der Waals surface area contributed by atoms with Crippen LogP contribution >= 0.6 is 0 Å². The maximum Gasteiger partial charge on any atom is 0.469 e. The molecule has 0 fully saturated rings. The molecule has 0 aromatic heterocycles. The minimum atomic E-state index is -1.87. The van der Waals surface area contributed by atoms with Gasteiger partial charge in [-0.05, 0) is 0 Å². The lowest BCUT2D eigenvalue weighted by Crippen LogP contribution is -2.25. The van der Waals surface area contributed by atoms with Crippen LogP contribution in [0.1, 0.15) is 0 Å². The molecule has 0 saturated carbocycles. The predicted molar refractivity (Wildman–Crippen MR) is 28.0 cm³/mol. The summed E-state index contributed by atoms with van der Waals surface area (Å²) in [5.41, 5.74) is 0. The quantitative estimate of drug-likeness (QED) is 0.235. The van der Waals surface area contributed by atoms with E-state index >= 15 is 0 Å². The van der Waals surface area contributed by atoms with Gasteiger partial charge < -0.3 is 0 Å². The van der Waals surface area contributed by atoms with Crippen molar-refractivity contribution >= 4 is 0 Å². The zero-order chi connectivity index (χ0) is 7.44. The Morgan fingerprint density at radius 3 is 1.67 bits per heavy atom. The molecule has 0 heterocycles. The second kappa shape index (κ2) is 2.75. The minimum absolute atomic E-state index is 0.667. The third-order valence-electron chi connectivity index (χ3n) is 0.643. The average molecular weight is 132 g/mol. The third kappa shape index (κ3) is 1.85. The fraction of sp³-hybridized carbons (Fsp3) is 0.333. The van der Waals surface area contributed by atoms with Gasteiger partial charge in [-0.1, -0.05) is 6.58 Å². The van der Waals surface area contributed by atoms with E-state index in [2.05, 4.69) is 6.58 Å². The Labute approximate surface area is 50.1 Å². The van der Waals surface area contributed by atoms with Crippen molar-refractivity contribution in [2.24, 2.45) is 0 Å². The normalized spacial score (nSPS) is 9.00. The molecule has 0 saturated heterocycles. The van der Waals surface area contributed by atoms with Crippen LogP contribution in [-0.4, -0.2) is 16.0 Å². The highest BCUT2D eigenvalue weighted by Gasteiger charge is 2.26. The van der Waals surface area contributed by atoms with Crippen molar-refractivity contribution in [2.45, 2.75) is 6.17 Å². The Morgan fingerprint density at radius 1 is 1.33 bits per heavy atom. The standard InChI is InChI=1S/C3H4N2O4/c1-2-3(4(6)7)5(8)9/h2-3H,1H2. The molecule has 0 aromatic carbocycles. The van der Waals surface area contributed by atoms with Crippen LogP contribution in [-0.2, 0) is 0 Å². The van der Waals surface area contributed by atoms with Crippen LogP contribution in [0.2, 0.25) is 0 Å². The highest BCUT2D eigenvalue weighted by molar-refractivity contribution is 4.69. The van der Waals surface area contributed by atoms with Gasteiger partial charge in [0.15, 0.2) is 0 Å². The van der Waals surface area contributed by atoms with E-state index in [1.165, 1.54) is 0 Å². The van der Waals surface area contributed by atoms with Crippen LogP contribution in [0, 0.1) is 20.2 Å². The second-order valence-electron chi connectivity index (χ2n) is 1.22. The van der Waals surface area contributed by atoms with Crippen LogP contribution in [0.3, 0.4) is 0 Å². The fourth-order valence-electron chi connectivity index (χ4n) is 0.249. The molecule has 6 heteroatoms. The Kier molecular flexibility index (Phi) is 2.31. The molecule has 0 spiro atoms. The summed E-state index contributed by atoms with van der Waals surface area (Å²) in [6.07, 6.45) is -1.20. The topological polar surface area (TPSA) is 86.3 Å². The van der Waals surface area contributed by atoms with Gasteiger partial charge in [-0.15, -0.1) is 0 Å². The summed E-state index contributed by atoms with van der Waals surface area (Å²) in [6.45, 7) is 2.92. The number of hydrogen-bond acceptors (Lipinski definition) is 4. The fourth-order valence-corrected chi connectivity index (χ4v) is 0.249. The van der Waals surface area contributed by atoms with Crippen LogP contribution in [0.25, 0.3) is 0 Å². The van der Waals surface area contributed by atoms with Crippen molar-refractivity contribution in [3.8, 4) is 0 Å². The van der Waals surface area contributed by atoms with Crippen LogP contribution in [0.4, 0.5) is 0 Å². The molecule has 0 amide bonds. The largest absolute Gasteiger partial charge is 0.469 e. The van der Waals surface area contributed by atoms with Gasteiger partial charge in [-0.2, -0.15) is 0 Å². The van der Waals surface area contributed by atoms with E-state index in [1.807, 2.05) is 0 Å². The molecule has 0 atom stereocenters. The molecule has 0 N–H and O–H groups in total. The summed E-state index contributed by atoms with van der Waals surface area (Å²) in [4.78, 5) is 17.3. The lowest BCUT2D eigenvalue weighted by molar-refractivity contribution is -0.727. The lowest BCUT2D eigenvalue weighted by atomic mass is 10.5. The van der Waals surface area contributed by atoms with Crippen LogP contribution < -0.4 is 0 Å². The highest BCUT2D eigenvalue weighted by Crippen LogP contribution is 1.90. The second-order valence-corrected chi connectivity index (χ2v) is 1.22. The number of hydrogen-bond donors (Lipinski definition) is 0.